The van der Waals surface area contributed by atoms with Crippen molar-refractivity contribution in [3.8, 4) is 11.5 Å². The number of likely N-dealkylation sites (tertiary alicyclic amines) is 2. The van der Waals surface area contributed by atoms with Crippen LogP contribution >= 0.6 is 0 Å². The minimum absolute atomic E-state index is 0.0334. The zero-order valence-electron chi connectivity index (χ0n) is 31.8. The van der Waals surface area contributed by atoms with Crippen molar-refractivity contribution in [1.29, 1.82) is 0 Å². The molecule has 0 atom stereocenters. The highest BCUT2D eigenvalue weighted by Crippen LogP contribution is 2.22. The number of hydrogen-bond acceptors (Lipinski definition) is 7. The first kappa shape index (κ1) is 42.5. The monoisotopic (exact) mass is 742 g/mol. The van der Waals surface area contributed by atoms with Crippen LogP contribution in [0, 0.1) is 11.6 Å². The first-order chi connectivity index (χ1) is 25.8. The van der Waals surface area contributed by atoms with Gasteiger partial charge < -0.3 is 35.4 Å². The SMILES string of the molecule is O=C(NCCCCCCCCCN1CCC(OC2CCN(CCCCCCCCCNC(=O)c3ccc(O)cc3F)CC2)CC1)c1ccc(O)cc1F. The largest absolute Gasteiger partial charge is 0.508 e. The van der Waals surface area contributed by atoms with Crippen molar-refractivity contribution in [1.82, 2.24) is 20.4 Å². The van der Waals surface area contributed by atoms with Crippen molar-refractivity contribution in [2.75, 3.05) is 52.4 Å². The lowest BCUT2D eigenvalue weighted by atomic mass is 10.0. The van der Waals surface area contributed by atoms with E-state index in [2.05, 4.69) is 20.4 Å². The molecule has 53 heavy (non-hydrogen) atoms. The summed E-state index contributed by atoms with van der Waals surface area (Å²) in [5, 5.41) is 24.1. The summed E-state index contributed by atoms with van der Waals surface area (Å²) in [6, 6.07) is 7.17. The highest BCUT2D eigenvalue weighted by atomic mass is 19.1. The Bertz CT molecular complexity index is 1260. The predicted octanol–water partition coefficient (Wildman–Crippen LogP) is 7.94. The van der Waals surface area contributed by atoms with Crippen molar-refractivity contribution < 1.29 is 33.3 Å². The van der Waals surface area contributed by atoms with Gasteiger partial charge in [-0.3, -0.25) is 9.59 Å². The van der Waals surface area contributed by atoms with Crippen LogP contribution in [-0.4, -0.2) is 96.4 Å². The van der Waals surface area contributed by atoms with E-state index in [1.54, 1.807) is 0 Å². The molecule has 2 amide bonds. The van der Waals surface area contributed by atoms with Gasteiger partial charge in [-0.2, -0.15) is 0 Å². The van der Waals surface area contributed by atoms with Crippen LogP contribution in [0.4, 0.5) is 8.78 Å². The van der Waals surface area contributed by atoms with Crippen LogP contribution in [-0.2, 0) is 4.74 Å². The van der Waals surface area contributed by atoms with Gasteiger partial charge in [-0.25, -0.2) is 8.78 Å². The number of carbonyl (C=O) groups excluding carboxylic acids is 2. The molecule has 2 aromatic carbocycles. The third-order valence-electron chi connectivity index (χ3n) is 10.7. The van der Waals surface area contributed by atoms with Crippen molar-refractivity contribution in [2.24, 2.45) is 0 Å². The standard InChI is InChI=1S/C42H64F2N4O5/c43-39-31-33(49)15-17-37(39)41(51)45-23-11-7-3-1-5-9-13-25-47-27-19-35(20-28-47)53-36-21-29-48(30-22-36)26-14-10-6-2-4-8-12-24-46-42(52)38-18-16-34(50)32-40(38)44/h15-18,31-32,35-36,49-50H,1-14,19-30H2,(H,45,51)(H,46,52). The number of halogens is 2. The molecule has 0 aromatic heterocycles. The zero-order valence-corrected chi connectivity index (χ0v) is 31.8. The molecule has 11 heteroatoms. The van der Waals surface area contributed by atoms with Gasteiger partial charge in [-0.05, 0) is 88.7 Å². The Morgan fingerprint density at radius 3 is 1.26 bits per heavy atom. The molecule has 4 rings (SSSR count). The molecule has 0 unspecified atom stereocenters. The Balaban J connectivity index is 0.886. The number of ether oxygens (including phenoxy) is 1. The molecule has 0 aliphatic carbocycles. The summed E-state index contributed by atoms with van der Waals surface area (Å²) >= 11 is 0. The smallest absolute Gasteiger partial charge is 0.254 e. The third-order valence-corrected chi connectivity index (χ3v) is 10.7. The minimum Gasteiger partial charge on any atom is -0.508 e. The van der Waals surface area contributed by atoms with E-state index < -0.39 is 23.4 Å². The van der Waals surface area contributed by atoms with Crippen molar-refractivity contribution in [2.45, 2.75) is 128 Å². The quantitative estimate of drug-likeness (QED) is 0.0808. The number of phenols is 2. The van der Waals surface area contributed by atoms with Crippen molar-refractivity contribution in [3.05, 3.63) is 59.2 Å². The molecule has 0 saturated carbocycles. The average Bonchev–Trinajstić information content (AvgIpc) is 3.14. The Morgan fingerprint density at radius 2 is 0.906 bits per heavy atom. The molecule has 2 fully saturated rings. The number of hydrogen-bond donors (Lipinski definition) is 4. The lowest BCUT2D eigenvalue weighted by molar-refractivity contribution is -0.0650. The van der Waals surface area contributed by atoms with Gasteiger partial charge in [0.15, 0.2) is 0 Å². The lowest BCUT2D eigenvalue weighted by Crippen LogP contribution is -2.42. The Hall–Kier alpha value is -3.28. The summed E-state index contributed by atoms with van der Waals surface area (Å²) in [5.74, 6) is -2.64. The number of piperidine rings is 2. The molecule has 2 saturated heterocycles. The second-order valence-corrected chi connectivity index (χ2v) is 15.0. The number of benzene rings is 2. The van der Waals surface area contributed by atoms with Gasteiger partial charge in [0.2, 0.25) is 0 Å². The molecule has 0 bridgehead atoms. The van der Waals surface area contributed by atoms with E-state index in [4.69, 9.17) is 4.74 Å². The van der Waals surface area contributed by atoms with E-state index in [0.29, 0.717) is 25.3 Å². The van der Waals surface area contributed by atoms with Crippen molar-refractivity contribution >= 4 is 11.8 Å². The van der Waals surface area contributed by atoms with E-state index in [0.717, 1.165) is 103 Å². The number of nitrogens with zero attached hydrogens (tertiary/aromatic N) is 2. The minimum atomic E-state index is -0.703. The zero-order chi connectivity index (χ0) is 37.7. The summed E-state index contributed by atoms with van der Waals surface area (Å²) in [6.07, 6.45) is 21.4. The summed E-state index contributed by atoms with van der Waals surface area (Å²) in [4.78, 5) is 29.4. The van der Waals surface area contributed by atoms with Gasteiger partial charge in [0.1, 0.15) is 23.1 Å². The number of phenolic OH excluding ortho intramolecular Hbond substituents is 2. The van der Waals surface area contributed by atoms with Gasteiger partial charge >= 0.3 is 0 Å². The van der Waals surface area contributed by atoms with Crippen LogP contribution in [0.2, 0.25) is 0 Å². The molecule has 2 heterocycles. The van der Waals surface area contributed by atoms with Crippen LogP contribution in [0.1, 0.15) is 136 Å². The summed E-state index contributed by atoms with van der Waals surface area (Å²) < 4.78 is 34.1. The molecule has 2 aliphatic heterocycles. The molecule has 2 aromatic rings. The Kier molecular flexibility index (Phi) is 19.4. The number of unbranched alkanes of at least 4 members (excludes halogenated alkanes) is 12. The number of amides is 2. The number of carbonyl (C=O) groups is 2. The molecule has 2 aliphatic rings. The fourth-order valence-corrected chi connectivity index (χ4v) is 7.47. The number of rotatable bonds is 24. The van der Waals surface area contributed by atoms with Crippen molar-refractivity contribution in [3.63, 3.8) is 0 Å². The maximum Gasteiger partial charge on any atom is 0.254 e. The first-order valence-corrected chi connectivity index (χ1v) is 20.4. The number of aromatic hydroxyl groups is 2. The first-order valence-electron chi connectivity index (χ1n) is 20.4. The normalized spacial score (nSPS) is 16.2. The Morgan fingerprint density at radius 1 is 0.566 bits per heavy atom. The second kappa shape index (κ2) is 24.2. The molecule has 0 radical (unpaired) electrons. The lowest BCUT2D eigenvalue weighted by Gasteiger charge is -2.37. The van der Waals surface area contributed by atoms with Gasteiger partial charge in [-0.15, -0.1) is 0 Å². The summed E-state index contributed by atoms with van der Waals surface area (Å²) in [5.41, 5.74) is -0.0669. The van der Waals surface area contributed by atoms with E-state index in [1.807, 2.05) is 0 Å². The average molecular weight is 743 g/mol. The number of nitrogens with one attached hydrogen (secondary N) is 2. The summed E-state index contributed by atoms with van der Waals surface area (Å²) in [6.45, 7) is 7.99. The molecule has 9 nitrogen and oxygen atoms in total. The van der Waals surface area contributed by atoms with Gasteiger partial charge in [0.05, 0.1) is 23.3 Å². The molecular weight excluding hydrogens is 678 g/mol. The molecule has 0 spiro atoms. The van der Waals surface area contributed by atoms with Gasteiger partial charge in [0.25, 0.3) is 11.8 Å². The van der Waals surface area contributed by atoms with E-state index in [1.165, 1.54) is 88.7 Å². The van der Waals surface area contributed by atoms with Crippen LogP contribution in [0.3, 0.4) is 0 Å². The molecular formula is C42H64F2N4O5. The highest BCUT2D eigenvalue weighted by Gasteiger charge is 2.25. The van der Waals surface area contributed by atoms with Crippen LogP contribution in [0.5, 0.6) is 11.5 Å². The maximum absolute atomic E-state index is 13.8. The van der Waals surface area contributed by atoms with Crippen LogP contribution in [0.15, 0.2) is 36.4 Å². The molecule has 296 valence electrons. The third kappa shape index (κ3) is 16.3. The van der Waals surface area contributed by atoms with E-state index >= 15 is 0 Å². The van der Waals surface area contributed by atoms with Gasteiger partial charge in [0, 0.05) is 51.4 Å². The molecule has 4 N–H and O–H groups in total. The van der Waals surface area contributed by atoms with E-state index in [-0.39, 0.29) is 22.6 Å². The summed E-state index contributed by atoms with van der Waals surface area (Å²) in [7, 11) is 0. The second-order valence-electron chi connectivity index (χ2n) is 15.0. The van der Waals surface area contributed by atoms with Gasteiger partial charge in [-0.1, -0.05) is 64.2 Å². The maximum atomic E-state index is 13.8. The highest BCUT2D eigenvalue weighted by molar-refractivity contribution is 5.95. The van der Waals surface area contributed by atoms with Crippen LogP contribution in [0.25, 0.3) is 0 Å². The Labute approximate surface area is 315 Å². The topological polar surface area (TPSA) is 114 Å². The fourth-order valence-electron chi connectivity index (χ4n) is 7.47. The van der Waals surface area contributed by atoms with Crippen LogP contribution < -0.4 is 10.6 Å². The fraction of sp³-hybridized carbons (Fsp3) is 0.667. The van der Waals surface area contributed by atoms with E-state index in [9.17, 15) is 28.6 Å². The predicted molar refractivity (Wildman–Crippen MR) is 205 cm³/mol.